The summed E-state index contributed by atoms with van der Waals surface area (Å²) in [5.74, 6) is 0.107. The van der Waals surface area contributed by atoms with Crippen LogP contribution in [0.3, 0.4) is 0 Å². The van der Waals surface area contributed by atoms with Crippen molar-refractivity contribution in [2.45, 2.75) is 44.6 Å². The zero-order chi connectivity index (χ0) is 20.1. The van der Waals surface area contributed by atoms with Crippen molar-refractivity contribution in [2.24, 2.45) is 5.92 Å². The van der Waals surface area contributed by atoms with E-state index in [1.807, 2.05) is 67.3 Å². The molecule has 3 atom stereocenters. The SMILES string of the molecule is CCN(CC)C(=O)[C@]1(c2ccccc2)C[C@@H]1CCC(=O)C(O)c1ccccc1. The maximum absolute atomic E-state index is 13.3. The van der Waals surface area contributed by atoms with Gasteiger partial charge in [-0.15, -0.1) is 0 Å². The molecular formula is C24H29NO3. The third-order valence-electron chi connectivity index (χ3n) is 5.99. The van der Waals surface area contributed by atoms with E-state index in [1.165, 1.54) is 0 Å². The van der Waals surface area contributed by atoms with Gasteiger partial charge in [-0.3, -0.25) is 9.59 Å². The summed E-state index contributed by atoms with van der Waals surface area (Å²) in [5.41, 5.74) is 1.13. The van der Waals surface area contributed by atoms with E-state index in [0.29, 0.717) is 25.1 Å². The highest BCUT2D eigenvalue weighted by atomic mass is 16.3. The summed E-state index contributed by atoms with van der Waals surface area (Å²) in [5, 5.41) is 10.3. The maximum Gasteiger partial charge on any atom is 0.233 e. The van der Waals surface area contributed by atoms with Crippen LogP contribution >= 0.6 is 0 Å². The second kappa shape index (κ2) is 8.70. The molecule has 1 saturated carbocycles. The van der Waals surface area contributed by atoms with Crippen LogP contribution in [0.25, 0.3) is 0 Å². The van der Waals surface area contributed by atoms with E-state index in [4.69, 9.17) is 0 Å². The van der Waals surface area contributed by atoms with Gasteiger partial charge in [0.2, 0.25) is 5.91 Å². The molecule has 1 amide bonds. The quantitative estimate of drug-likeness (QED) is 0.719. The second-order valence-corrected chi connectivity index (χ2v) is 7.53. The fraction of sp³-hybridized carbons (Fsp3) is 0.417. The molecule has 0 bridgehead atoms. The predicted molar refractivity (Wildman–Crippen MR) is 110 cm³/mol. The average Bonchev–Trinajstić information content (AvgIpc) is 3.49. The molecule has 1 aliphatic carbocycles. The third kappa shape index (κ3) is 3.88. The van der Waals surface area contributed by atoms with E-state index in [9.17, 15) is 14.7 Å². The molecule has 28 heavy (non-hydrogen) atoms. The summed E-state index contributed by atoms with van der Waals surface area (Å²) < 4.78 is 0. The number of likely N-dealkylation sites (N-methyl/N-ethyl adjacent to an activating group) is 1. The molecule has 2 aromatic rings. The number of amides is 1. The van der Waals surface area contributed by atoms with Crippen molar-refractivity contribution in [3.05, 3.63) is 71.8 Å². The van der Waals surface area contributed by atoms with Gasteiger partial charge in [-0.05, 0) is 43.7 Å². The van der Waals surface area contributed by atoms with Gasteiger partial charge in [0.15, 0.2) is 5.78 Å². The van der Waals surface area contributed by atoms with E-state index >= 15 is 0 Å². The summed E-state index contributed by atoms with van der Waals surface area (Å²) in [6.07, 6.45) is 0.566. The summed E-state index contributed by atoms with van der Waals surface area (Å²) in [6.45, 7) is 5.36. The normalized spacial score (nSPS) is 21.8. The Morgan fingerprint density at radius 2 is 1.61 bits per heavy atom. The number of nitrogens with zero attached hydrogens (tertiary/aromatic N) is 1. The molecule has 1 aliphatic rings. The molecule has 148 valence electrons. The molecule has 0 heterocycles. The van der Waals surface area contributed by atoms with E-state index in [2.05, 4.69) is 0 Å². The first-order valence-corrected chi connectivity index (χ1v) is 10.1. The van der Waals surface area contributed by atoms with E-state index in [1.54, 1.807) is 12.1 Å². The van der Waals surface area contributed by atoms with Crippen LogP contribution in [0.1, 0.15) is 50.3 Å². The van der Waals surface area contributed by atoms with Crippen molar-refractivity contribution in [2.75, 3.05) is 13.1 Å². The van der Waals surface area contributed by atoms with Gasteiger partial charge in [0, 0.05) is 19.5 Å². The topological polar surface area (TPSA) is 57.6 Å². The standard InChI is InChI=1S/C24H29NO3/c1-3-25(4-2)23(28)24(19-13-9-6-10-14-19)17-20(24)15-16-21(26)22(27)18-11-7-5-8-12-18/h5-14,20,22,27H,3-4,15-17H2,1-2H3/t20-,22?,24-/m0/s1. The van der Waals surface area contributed by atoms with Crippen LogP contribution in [0.2, 0.25) is 0 Å². The van der Waals surface area contributed by atoms with Crippen molar-refractivity contribution in [1.29, 1.82) is 0 Å². The van der Waals surface area contributed by atoms with Crippen molar-refractivity contribution in [3.63, 3.8) is 0 Å². The summed E-state index contributed by atoms with van der Waals surface area (Å²) >= 11 is 0. The number of aliphatic hydroxyl groups excluding tert-OH is 1. The lowest BCUT2D eigenvalue weighted by Crippen LogP contribution is -2.40. The zero-order valence-electron chi connectivity index (χ0n) is 16.7. The van der Waals surface area contributed by atoms with Crippen LogP contribution < -0.4 is 0 Å². The minimum atomic E-state index is -1.09. The fourth-order valence-corrected chi connectivity index (χ4v) is 4.22. The van der Waals surface area contributed by atoms with Gasteiger partial charge in [-0.2, -0.15) is 0 Å². The number of hydrogen-bond donors (Lipinski definition) is 1. The summed E-state index contributed by atoms with van der Waals surface area (Å²) in [4.78, 5) is 27.7. The summed E-state index contributed by atoms with van der Waals surface area (Å²) in [7, 11) is 0. The van der Waals surface area contributed by atoms with Gasteiger partial charge in [0.25, 0.3) is 0 Å². The number of carbonyl (C=O) groups is 2. The van der Waals surface area contributed by atoms with Gasteiger partial charge in [-0.1, -0.05) is 60.7 Å². The minimum absolute atomic E-state index is 0.134. The number of rotatable bonds is 9. The lowest BCUT2D eigenvalue weighted by molar-refractivity contribution is -0.134. The van der Waals surface area contributed by atoms with E-state index in [0.717, 1.165) is 12.0 Å². The van der Waals surface area contributed by atoms with Crippen LogP contribution in [-0.4, -0.2) is 34.8 Å². The average molecular weight is 380 g/mol. The van der Waals surface area contributed by atoms with Crippen molar-refractivity contribution in [1.82, 2.24) is 4.90 Å². The lowest BCUT2D eigenvalue weighted by Gasteiger charge is -2.26. The molecule has 1 fully saturated rings. The second-order valence-electron chi connectivity index (χ2n) is 7.53. The maximum atomic E-state index is 13.3. The molecule has 0 aliphatic heterocycles. The molecule has 1 N–H and O–H groups in total. The first-order valence-electron chi connectivity index (χ1n) is 10.1. The molecule has 0 saturated heterocycles. The van der Waals surface area contributed by atoms with Gasteiger partial charge >= 0.3 is 0 Å². The Kier molecular flexibility index (Phi) is 6.30. The number of carbonyl (C=O) groups excluding carboxylic acids is 2. The Morgan fingerprint density at radius 1 is 1.04 bits per heavy atom. The molecule has 0 aromatic heterocycles. The van der Waals surface area contributed by atoms with E-state index in [-0.39, 0.29) is 24.0 Å². The number of Topliss-reactive ketones (excluding diaryl/α,β-unsaturated/α-hetero) is 1. The predicted octanol–water partition coefficient (Wildman–Crippen LogP) is 3.90. The lowest BCUT2D eigenvalue weighted by atomic mass is 9.89. The Hall–Kier alpha value is -2.46. The molecule has 2 aromatic carbocycles. The Balaban J connectivity index is 1.72. The number of ketones is 1. The van der Waals surface area contributed by atoms with Crippen molar-refractivity contribution < 1.29 is 14.7 Å². The monoisotopic (exact) mass is 379 g/mol. The Labute approximate surface area is 167 Å². The molecule has 3 rings (SSSR count). The third-order valence-corrected chi connectivity index (χ3v) is 5.99. The van der Waals surface area contributed by atoms with Crippen LogP contribution in [0.15, 0.2) is 60.7 Å². The highest BCUT2D eigenvalue weighted by Crippen LogP contribution is 2.57. The smallest absolute Gasteiger partial charge is 0.233 e. The first kappa shape index (κ1) is 20.3. The summed E-state index contributed by atoms with van der Waals surface area (Å²) in [6, 6.07) is 18.9. The number of aliphatic hydroxyl groups is 1. The van der Waals surface area contributed by atoms with Crippen molar-refractivity contribution in [3.8, 4) is 0 Å². The van der Waals surface area contributed by atoms with Gasteiger partial charge in [-0.25, -0.2) is 0 Å². The molecular weight excluding hydrogens is 350 g/mol. The van der Waals surface area contributed by atoms with Crippen LogP contribution in [0, 0.1) is 5.92 Å². The minimum Gasteiger partial charge on any atom is -0.381 e. The van der Waals surface area contributed by atoms with Crippen LogP contribution in [0.5, 0.6) is 0 Å². The first-order chi connectivity index (χ1) is 13.5. The number of benzene rings is 2. The van der Waals surface area contributed by atoms with Gasteiger partial charge in [0.05, 0.1) is 5.41 Å². The highest BCUT2D eigenvalue weighted by Gasteiger charge is 2.61. The van der Waals surface area contributed by atoms with Crippen LogP contribution in [-0.2, 0) is 15.0 Å². The van der Waals surface area contributed by atoms with Gasteiger partial charge in [0.1, 0.15) is 6.10 Å². The van der Waals surface area contributed by atoms with Crippen LogP contribution in [0.4, 0.5) is 0 Å². The number of hydrogen-bond acceptors (Lipinski definition) is 3. The molecule has 1 unspecified atom stereocenters. The van der Waals surface area contributed by atoms with Gasteiger partial charge < -0.3 is 10.0 Å². The Bertz CT molecular complexity index is 801. The largest absolute Gasteiger partial charge is 0.381 e. The Morgan fingerprint density at radius 3 is 2.18 bits per heavy atom. The molecule has 0 radical (unpaired) electrons. The molecule has 0 spiro atoms. The van der Waals surface area contributed by atoms with E-state index < -0.39 is 11.5 Å². The highest BCUT2D eigenvalue weighted by molar-refractivity contribution is 5.92. The zero-order valence-corrected chi connectivity index (χ0v) is 16.7. The van der Waals surface area contributed by atoms with Crippen molar-refractivity contribution >= 4 is 11.7 Å². The fourth-order valence-electron chi connectivity index (χ4n) is 4.22. The molecule has 4 heteroatoms. The molecule has 4 nitrogen and oxygen atoms in total.